The van der Waals surface area contributed by atoms with Crippen LogP contribution in [0.4, 0.5) is 0 Å². The summed E-state index contributed by atoms with van der Waals surface area (Å²) in [6, 6.07) is 9.33. The Morgan fingerprint density at radius 1 is 1.19 bits per heavy atom. The number of furan rings is 1. The van der Waals surface area contributed by atoms with Crippen molar-refractivity contribution in [2.75, 3.05) is 7.11 Å². The lowest BCUT2D eigenvalue weighted by Gasteiger charge is -2.08. The van der Waals surface area contributed by atoms with E-state index >= 15 is 0 Å². The summed E-state index contributed by atoms with van der Waals surface area (Å²) in [5, 5.41) is 10.8. The van der Waals surface area contributed by atoms with E-state index in [4.69, 9.17) is 20.8 Å². The largest absolute Gasteiger partial charge is 0.507 e. The predicted octanol–water partition coefficient (Wildman–Crippen LogP) is 2.80. The maximum Gasteiger partial charge on any atom is 0.273 e. The third-order valence-electron chi connectivity index (χ3n) is 3.73. The van der Waals surface area contributed by atoms with Gasteiger partial charge in [0.15, 0.2) is 0 Å². The number of hydrogen-bond donors (Lipinski definition) is 3. The van der Waals surface area contributed by atoms with Crippen LogP contribution >= 0.6 is 11.6 Å². The Morgan fingerprint density at radius 2 is 2.00 bits per heavy atom. The van der Waals surface area contributed by atoms with Crippen LogP contribution in [-0.4, -0.2) is 24.0 Å². The number of hydrogen-bond acceptors (Lipinski definition) is 5. The number of halogens is 1. The summed E-state index contributed by atoms with van der Waals surface area (Å²) in [5.41, 5.74) is 5.75. The molecule has 0 bridgehead atoms. The Balaban J connectivity index is 1.64. The molecule has 0 atom stereocenters. The average molecular weight is 375 g/mol. The van der Waals surface area contributed by atoms with Crippen molar-refractivity contribution in [3.8, 4) is 11.5 Å². The quantitative estimate of drug-likeness (QED) is 0.610. The molecular formula is C18H15ClN2O5. The minimum atomic E-state index is -0.680. The van der Waals surface area contributed by atoms with Gasteiger partial charge in [-0.15, -0.1) is 0 Å². The normalized spacial score (nSPS) is 10.5. The first-order valence-electron chi connectivity index (χ1n) is 7.59. The number of ether oxygens (including phenoxy) is 1. The Hall–Kier alpha value is -3.19. The highest BCUT2D eigenvalue weighted by molar-refractivity contribution is 6.31. The molecule has 2 aromatic carbocycles. The van der Waals surface area contributed by atoms with Crippen LogP contribution in [-0.2, 0) is 11.2 Å². The molecule has 2 amide bonds. The zero-order valence-electron chi connectivity index (χ0n) is 13.7. The molecule has 0 saturated heterocycles. The van der Waals surface area contributed by atoms with E-state index in [1.54, 1.807) is 25.3 Å². The second-order valence-corrected chi connectivity index (χ2v) is 5.90. The van der Waals surface area contributed by atoms with Crippen molar-refractivity contribution in [3.05, 3.63) is 58.8 Å². The number of hydrazine groups is 1. The maximum atomic E-state index is 12.1. The van der Waals surface area contributed by atoms with Gasteiger partial charge in [0, 0.05) is 22.0 Å². The summed E-state index contributed by atoms with van der Waals surface area (Å²) in [6.45, 7) is 0. The number of aromatic hydroxyl groups is 1. The lowest BCUT2D eigenvalue weighted by Crippen LogP contribution is -2.42. The van der Waals surface area contributed by atoms with Crippen LogP contribution in [0, 0.1) is 0 Å². The summed E-state index contributed by atoms with van der Waals surface area (Å²) in [6.07, 6.45) is 1.48. The van der Waals surface area contributed by atoms with Crippen molar-refractivity contribution >= 4 is 34.4 Å². The molecule has 0 unspecified atom stereocenters. The molecule has 8 heteroatoms. The first kappa shape index (κ1) is 17.6. The topological polar surface area (TPSA) is 101 Å². The molecule has 1 heterocycles. The van der Waals surface area contributed by atoms with Gasteiger partial charge in [0.25, 0.3) is 5.91 Å². The van der Waals surface area contributed by atoms with E-state index in [1.165, 1.54) is 24.5 Å². The van der Waals surface area contributed by atoms with Gasteiger partial charge in [-0.25, -0.2) is 0 Å². The number of carbonyl (C=O) groups is 2. The molecule has 0 saturated carbocycles. The number of methoxy groups -OCH3 is 1. The fraction of sp³-hybridized carbons (Fsp3) is 0.111. The van der Waals surface area contributed by atoms with E-state index in [-0.39, 0.29) is 17.7 Å². The smallest absolute Gasteiger partial charge is 0.273 e. The number of amides is 2. The van der Waals surface area contributed by atoms with Crippen LogP contribution in [0.1, 0.15) is 15.9 Å². The Morgan fingerprint density at radius 3 is 2.77 bits per heavy atom. The van der Waals surface area contributed by atoms with Crippen LogP contribution in [0.2, 0.25) is 5.02 Å². The number of nitrogens with one attached hydrogen (secondary N) is 2. The molecular weight excluding hydrogens is 360 g/mol. The van der Waals surface area contributed by atoms with Gasteiger partial charge in [-0.3, -0.25) is 20.4 Å². The van der Waals surface area contributed by atoms with Crippen molar-refractivity contribution < 1.29 is 23.8 Å². The van der Waals surface area contributed by atoms with Gasteiger partial charge >= 0.3 is 0 Å². The number of benzene rings is 2. The van der Waals surface area contributed by atoms with Crippen LogP contribution < -0.4 is 15.6 Å². The summed E-state index contributed by atoms with van der Waals surface area (Å²) < 4.78 is 10.5. The minimum Gasteiger partial charge on any atom is -0.507 e. The zero-order valence-corrected chi connectivity index (χ0v) is 14.5. The molecule has 3 N–H and O–H groups in total. The molecule has 134 valence electrons. The number of phenolic OH excluding ortho intramolecular Hbond substituents is 1. The van der Waals surface area contributed by atoms with E-state index in [9.17, 15) is 14.7 Å². The third-order valence-corrected chi connectivity index (χ3v) is 3.97. The second-order valence-electron chi connectivity index (χ2n) is 5.46. The molecule has 0 aliphatic carbocycles. The van der Waals surface area contributed by atoms with Gasteiger partial charge in [0.1, 0.15) is 17.1 Å². The van der Waals surface area contributed by atoms with Gasteiger partial charge in [0.2, 0.25) is 5.91 Å². The number of phenols is 1. The monoisotopic (exact) mass is 374 g/mol. The molecule has 0 spiro atoms. The highest BCUT2D eigenvalue weighted by Crippen LogP contribution is 2.26. The molecule has 0 aliphatic heterocycles. The number of carbonyl (C=O) groups excluding carboxylic acids is 2. The molecule has 3 rings (SSSR count). The first-order chi connectivity index (χ1) is 12.5. The zero-order chi connectivity index (χ0) is 18.7. The second kappa shape index (κ2) is 7.37. The Kier molecular flexibility index (Phi) is 4.99. The summed E-state index contributed by atoms with van der Waals surface area (Å²) >= 11 is 5.80. The Bertz CT molecular complexity index is 983. The van der Waals surface area contributed by atoms with Crippen molar-refractivity contribution in [1.82, 2.24) is 10.9 Å². The fourth-order valence-electron chi connectivity index (χ4n) is 2.43. The van der Waals surface area contributed by atoms with Crippen LogP contribution in [0.15, 0.2) is 47.1 Å². The predicted molar refractivity (Wildman–Crippen MR) is 95.2 cm³/mol. The summed E-state index contributed by atoms with van der Waals surface area (Å²) in [5.74, 6) is -0.717. The minimum absolute atomic E-state index is 0.00113. The molecule has 7 nitrogen and oxygen atoms in total. The lowest BCUT2D eigenvalue weighted by molar-refractivity contribution is -0.121. The van der Waals surface area contributed by atoms with Crippen molar-refractivity contribution in [3.63, 3.8) is 0 Å². The van der Waals surface area contributed by atoms with E-state index in [0.29, 0.717) is 21.9 Å². The standard InChI is InChI=1S/C18H15ClN2O5/c1-25-12-3-4-13-10(9-26-16(13)8-12)6-17(23)20-21-18(24)14-7-11(19)2-5-15(14)22/h2-5,7-9,22H,6H2,1H3,(H,20,23)(H,21,24). The van der Waals surface area contributed by atoms with E-state index < -0.39 is 11.8 Å². The van der Waals surface area contributed by atoms with Crippen molar-refractivity contribution in [2.24, 2.45) is 0 Å². The lowest BCUT2D eigenvalue weighted by atomic mass is 10.1. The Labute approximate surface area is 153 Å². The fourth-order valence-corrected chi connectivity index (χ4v) is 2.60. The van der Waals surface area contributed by atoms with Crippen molar-refractivity contribution in [2.45, 2.75) is 6.42 Å². The number of fused-ring (bicyclic) bond motifs is 1. The van der Waals surface area contributed by atoms with Crippen molar-refractivity contribution in [1.29, 1.82) is 0 Å². The number of rotatable bonds is 4. The van der Waals surface area contributed by atoms with E-state index in [0.717, 1.165) is 5.39 Å². The molecule has 0 radical (unpaired) electrons. The summed E-state index contributed by atoms with van der Waals surface area (Å²) in [4.78, 5) is 24.1. The van der Waals surface area contributed by atoms with Crippen LogP contribution in [0.3, 0.4) is 0 Å². The summed E-state index contributed by atoms with van der Waals surface area (Å²) in [7, 11) is 1.55. The highest BCUT2D eigenvalue weighted by Gasteiger charge is 2.14. The van der Waals surface area contributed by atoms with Crippen LogP contribution in [0.5, 0.6) is 11.5 Å². The molecule has 0 fully saturated rings. The van der Waals surface area contributed by atoms with Gasteiger partial charge in [-0.2, -0.15) is 0 Å². The average Bonchev–Trinajstić information content (AvgIpc) is 3.03. The first-order valence-corrected chi connectivity index (χ1v) is 7.97. The maximum absolute atomic E-state index is 12.1. The SMILES string of the molecule is COc1ccc2c(CC(=O)NNC(=O)c3cc(Cl)ccc3O)coc2c1. The molecule has 1 aromatic heterocycles. The van der Waals surface area contributed by atoms with Gasteiger partial charge < -0.3 is 14.3 Å². The third kappa shape index (κ3) is 3.73. The van der Waals surface area contributed by atoms with E-state index in [1.807, 2.05) is 0 Å². The van der Waals surface area contributed by atoms with Gasteiger partial charge in [0.05, 0.1) is 25.4 Å². The molecule has 26 heavy (non-hydrogen) atoms. The van der Waals surface area contributed by atoms with Gasteiger partial charge in [-0.1, -0.05) is 11.6 Å². The molecule has 3 aromatic rings. The van der Waals surface area contributed by atoms with E-state index in [2.05, 4.69) is 10.9 Å². The van der Waals surface area contributed by atoms with Crippen LogP contribution in [0.25, 0.3) is 11.0 Å². The highest BCUT2D eigenvalue weighted by atomic mass is 35.5. The molecule has 0 aliphatic rings. The van der Waals surface area contributed by atoms with Gasteiger partial charge in [-0.05, 0) is 30.3 Å².